The van der Waals surface area contributed by atoms with Crippen molar-refractivity contribution in [3.05, 3.63) is 69.4 Å². The zero-order valence-corrected chi connectivity index (χ0v) is 21.1. The number of thiazole rings is 1. The van der Waals surface area contributed by atoms with E-state index in [1.54, 1.807) is 24.0 Å². The molecule has 2 aromatic carbocycles. The van der Waals surface area contributed by atoms with Crippen molar-refractivity contribution >= 4 is 62.2 Å². The van der Waals surface area contributed by atoms with Crippen molar-refractivity contribution in [3.63, 3.8) is 0 Å². The summed E-state index contributed by atoms with van der Waals surface area (Å²) in [7, 11) is 0. The molecule has 180 valence electrons. The van der Waals surface area contributed by atoms with E-state index in [1.807, 2.05) is 24.3 Å². The Labute approximate surface area is 214 Å². The molecule has 0 spiro atoms. The molecule has 12 heteroatoms. The summed E-state index contributed by atoms with van der Waals surface area (Å²) in [5.74, 6) is -0.145. The maximum Gasteiger partial charge on any atom is 0.283 e. The van der Waals surface area contributed by atoms with E-state index in [2.05, 4.69) is 15.6 Å². The SMILES string of the molecule is CC1=C(C(=O)N2CCOCC2)[C@@H](c2ccc(Sc3nc4ccccc4s3)c([N+](=O)[O-])c2)NC(=S)N1. The van der Waals surface area contributed by atoms with Gasteiger partial charge in [0.1, 0.15) is 0 Å². The third-order valence-corrected chi connectivity index (χ3v) is 8.16. The average molecular weight is 528 g/mol. The van der Waals surface area contributed by atoms with Gasteiger partial charge in [0.25, 0.3) is 11.6 Å². The maximum absolute atomic E-state index is 13.4. The first-order valence-electron chi connectivity index (χ1n) is 10.9. The number of thiocarbonyl (C=S) groups is 1. The van der Waals surface area contributed by atoms with Crippen LogP contribution >= 0.6 is 35.3 Å². The molecular formula is C23H21N5O4S3. The Morgan fingerprint density at radius 2 is 2.06 bits per heavy atom. The van der Waals surface area contributed by atoms with Gasteiger partial charge in [0, 0.05) is 24.9 Å². The molecule has 2 aliphatic heterocycles. The molecule has 3 aromatic rings. The second-order valence-electron chi connectivity index (χ2n) is 8.01. The van der Waals surface area contributed by atoms with Gasteiger partial charge in [0.05, 0.1) is 44.9 Å². The Morgan fingerprint density at radius 3 is 2.80 bits per heavy atom. The lowest BCUT2D eigenvalue weighted by molar-refractivity contribution is -0.387. The third-order valence-electron chi connectivity index (χ3n) is 5.78. The largest absolute Gasteiger partial charge is 0.378 e. The highest BCUT2D eigenvalue weighted by molar-refractivity contribution is 8.01. The zero-order chi connectivity index (χ0) is 24.5. The molecule has 0 unspecified atom stereocenters. The molecule has 2 aliphatic rings. The minimum absolute atomic E-state index is 0.0474. The topological polar surface area (TPSA) is 110 Å². The van der Waals surface area contributed by atoms with E-state index in [0.717, 1.165) is 14.6 Å². The molecule has 1 amide bonds. The first-order chi connectivity index (χ1) is 16.9. The highest BCUT2D eigenvalue weighted by atomic mass is 32.2. The summed E-state index contributed by atoms with van der Waals surface area (Å²) in [5, 5.41) is 18.5. The van der Waals surface area contributed by atoms with E-state index in [1.165, 1.54) is 29.2 Å². The lowest BCUT2D eigenvalue weighted by Gasteiger charge is -2.34. The van der Waals surface area contributed by atoms with Crippen molar-refractivity contribution in [2.45, 2.75) is 22.2 Å². The minimum atomic E-state index is -0.612. The lowest BCUT2D eigenvalue weighted by Crippen LogP contribution is -2.49. The number of nitro benzene ring substituents is 1. The van der Waals surface area contributed by atoms with Gasteiger partial charge in [-0.2, -0.15) is 0 Å². The van der Waals surface area contributed by atoms with Gasteiger partial charge in [-0.3, -0.25) is 14.9 Å². The predicted molar refractivity (Wildman–Crippen MR) is 139 cm³/mol. The number of rotatable bonds is 5. The standard InChI is InChI=1S/C23H21N5O4S3/c1-13-19(21(29)27-8-10-32-11-9-27)20(26-22(33)24-13)14-6-7-18(16(12-14)28(30)31)35-23-25-15-4-2-3-5-17(15)34-23/h2-7,12,20H,8-11H2,1H3,(H2,24,26,33)/t20-/m1/s1. The summed E-state index contributed by atoms with van der Waals surface area (Å²) in [6.07, 6.45) is 0. The molecule has 9 nitrogen and oxygen atoms in total. The van der Waals surface area contributed by atoms with E-state index >= 15 is 0 Å². The molecule has 5 rings (SSSR count). The number of ether oxygens (including phenoxy) is 1. The number of nitrogens with zero attached hydrogens (tertiary/aromatic N) is 3. The lowest BCUT2D eigenvalue weighted by atomic mass is 9.94. The van der Waals surface area contributed by atoms with Crippen molar-refractivity contribution in [3.8, 4) is 0 Å². The number of morpholine rings is 1. The number of benzene rings is 2. The van der Waals surface area contributed by atoms with Gasteiger partial charge in [0.15, 0.2) is 9.45 Å². The third kappa shape index (κ3) is 4.87. The predicted octanol–water partition coefficient (Wildman–Crippen LogP) is 4.01. The van der Waals surface area contributed by atoms with Gasteiger partial charge >= 0.3 is 0 Å². The summed E-state index contributed by atoms with van der Waals surface area (Å²) >= 11 is 8.09. The van der Waals surface area contributed by atoms with E-state index in [0.29, 0.717) is 53.1 Å². The number of hydrogen-bond acceptors (Lipinski definition) is 8. The van der Waals surface area contributed by atoms with Crippen LogP contribution in [0.3, 0.4) is 0 Å². The first-order valence-corrected chi connectivity index (χ1v) is 12.9. The fourth-order valence-corrected chi connectivity index (χ4v) is 6.48. The Hall–Kier alpha value is -3.06. The Bertz CT molecular complexity index is 1330. The van der Waals surface area contributed by atoms with Crippen LogP contribution in [0.25, 0.3) is 10.2 Å². The van der Waals surface area contributed by atoms with Gasteiger partial charge in [-0.15, -0.1) is 11.3 Å². The number of amides is 1. The van der Waals surface area contributed by atoms with Gasteiger partial charge in [-0.25, -0.2) is 4.98 Å². The molecule has 0 bridgehead atoms. The molecule has 1 saturated heterocycles. The Balaban J connectivity index is 1.49. The number of nitrogens with one attached hydrogen (secondary N) is 2. The van der Waals surface area contributed by atoms with Gasteiger partial charge in [-0.1, -0.05) is 30.0 Å². The first kappa shape index (κ1) is 23.7. The molecule has 1 aromatic heterocycles. The second kappa shape index (κ2) is 9.90. The zero-order valence-electron chi connectivity index (χ0n) is 18.6. The van der Waals surface area contributed by atoms with Gasteiger partial charge < -0.3 is 20.3 Å². The molecule has 3 heterocycles. The van der Waals surface area contributed by atoms with Crippen LogP contribution in [-0.4, -0.2) is 52.1 Å². The number of aromatic nitrogens is 1. The van der Waals surface area contributed by atoms with Crippen molar-refractivity contribution in [2.75, 3.05) is 26.3 Å². The average Bonchev–Trinajstić information content (AvgIpc) is 3.26. The molecule has 1 fully saturated rings. The minimum Gasteiger partial charge on any atom is -0.378 e. The van der Waals surface area contributed by atoms with Crippen LogP contribution in [0.2, 0.25) is 0 Å². The number of hydrogen-bond donors (Lipinski definition) is 2. The molecule has 2 N–H and O–H groups in total. The number of carbonyl (C=O) groups excluding carboxylic acids is 1. The van der Waals surface area contributed by atoms with E-state index < -0.39 is 11.0 Å². The maximum atomic E-state index is 13.4. The molecule has 1 atom stereocenters. The summed E-state index contributed by atoms with van der Waals surface area (Å²) < 4.78 is 7.12. The molecule has 0 saturated carbocycles. The van der Waals surface area contributed by atoms with Crippen molar-refractivity contribution in [2.24, 2.45) is 0 Å². The summed E-state index contributed by atoms with van der Waals surface area (Å²) in [4.78, 5) is 31.8. The summed E-state index contributed by atoms with van der Waals surface area (Å²) in [6.45, 7) is 3.73. The van der Waals surface area contributed by atoms with E-state index in [4.69, 9.17) is 17.0 Å². The number of fused-ring (bicyclic) bond motifs is 1. The normalized spacial score (nSPS) is 18.4. The van der Waals surface area contributed by atoms with Gasteiger partial charge in [0.2, 0.25) is 0 Å². The van der Waals surface area contributed by atoms with Crippen molar-refractivity contribution in [1.82, 2.24) is 20.5 Å². The van der Waals surface area contributed by atoms with Crippen LogP contribution in [0.1, 0.15) is 18.5 Å². The van der Waals surface area contributed by atoms with Crippen molar-refractivity contribution < 1.29 is 14.5 Å². The second-order valence-corrected chi connectivity index (χ2v) is 10.7. The molecule has 0 radical (unpaired) electrons. The number of nitro groups is 1. The molecule has 0 aliphatic carbocycles. The number of carbonyl (C=O) groups is 1. The van der Waals surface area contributed by atoms with Crippen LogP contribution < -0.4 is 10.6 Å². The number of allylic oxidation sites excluding steroid dienone is 1. The number of para-hydroxylation sites is 1. The fourth-order valence-electron chi connectivity index (χ4n) is 4.10. The van der Waals surface area contributed by atoms with Crippen LogP contribution in [0.4, 0.5) is 5.69 Å². The van der Waals surface area contributed by atoms with Crippen LogP contribution in [-0.2, 0) is 9.53 Å². The van der Waals surface area contributed by atoms with Crippen LogP contribution in [0.5, 0.6) is 0 Å². The smallest absolute Gasteiger partial charge is 0.283 e. The highest BCUT2D eigenvalue weighted by Gasteiger charge is 2.34. The monoisotopic (exact) mass is 527 g/mol. The fraction of sp³-hybridized carbons (Fsp3) is 0.261. The van der Waals surface area contributed by atoms with Gasteiger partial charge in [-0.05, 0) is 42.9 Å². The summed E-state index contributed by atoms with van der Waals surface area (Å²) in [5.41, 5.74) is 2.52. The van der Waals surface area contributed by atoms with E-state index in [9.17, 15) is 14.9 Å². The van der Waals surface area contributed by atoms with Crippen LogP contribution in [0, 0.1) is 10.1 Å². The highest BCUT2D eigenvalue weighted by Crippen LogP contribution is 2.40. The molecular weight excluding hydrogens is 506 g/mol. The summed E-state index contributed by atoms with van der Waals surface area (Å²) in [6, 6.07) is 12.2. The van der Waals surface area contributed by atoms with Crippen molar-refractivity contribution in [1.29, 1.82) is 0 Å². The van der Waals surface area contributed by atoms with Crippen LogP contribution in [0.15, 0.2) is 63.0 Å². The quantitative estimate of drug-likeness (QED) is 0.289. The Kier molecular flexibility index (Phi) is 6.69. The van der Waals surface area contributed by atoms with E-state index in [-0.39, 0.29) is 11.6 Å². The Morgan fingerprint density at radius 1 is 1.29 bits per heavy atom. The molecule has 35 heavy (non-hydrogen) atoms.